The van der Waals surface area contributed by atoms with E-state index >= 15 is 0 Å². The van der Waals surface area contributed by atoms with Crippen molar-refractivity contribution < 1.29 is 9.90 Å². The summed E-state index contributed by atoms with van der Waals surface area (Å²) in [5.74, 6) is -1.07. The van der Waals surface area contributed by atoms with E-state index in [2.05, 4.69) is 9.97 Å². The minimum absolute atomic E-state index is 0. The van der Waals surface area contributed by atoms with Gasteiger partial charge < -0.3 is 5.11 Å². The van der Waals surface area contributed by atoms with E-state index in [0.29, 0.717) is 5.69 Å². The molecule has 0 fully saturated rings. The van der Waals surface area contributed by atoms with Gasteiger partial charge in [0.15, 0.2) is 5.69 Å². The maximum atomic E-state index is 10.7. The van der Waals surface area contributed by atoms with Crippen LogP contribution in [0.1, 0.15) is 10.5 Å². The smallest absolute Gasteiger partial charge is 0.356 e. The van der Waals surface area contributed by atoms with Crippen molar-refractivity contribution in [1.82, 2.24) is 9.97 Å². The van der Waals surface area contributed by atoms with E-state index in [4.69, 9.17) is 5.11 Å². The van der Waals surface area contributed by atoms with E-state index in [1.54, 1.807) is 6.20 Å². The third kappa shape index (κ3) is 2.55. The van der Waals surface area contributed by atoms with Gasteiger partial charge in [-0.3, -0.25) is 4.98 Å². The number of carboxylic acid groups (broad SMARTS) is 1. The maximum Gasteiger partial charge on any atom is 0.356 e. The van der Waals surface area contributed by atoms with Gasteiger partial charge in [-0.2, -0.15) is 0 Å². The number of hydrogen-bond donors (Lipinski definition) is 1. The van der Waals surface area contributed by atoms with E-state index < -0.39 is 5.97 Å². The highest BCUT2D eigenvalue weighted by Crippen LogP contribution is 2.14. The van der Waals surface area contributed by atoms with Gasteiger partial charge in [0, 0.05) is 5.56 Å². The molecular weight excluding hydrogens is 228 g/mol. The lowest BCUT2D eigenvalue weighted by molar-refractivity contribution is 0.0690. The molecule has 2 rings (SSSR count). The Kier molecular flexibility index (Phi) is 3.96. The van der Waals surface area contributed by atoms with E-state index in [9.17, 15) is 4.79 Å². The summed E-state index contributed by atoms with van der Waals surface area (Å²) in [5, 5.41) is 8.75. The van der Waals surface area contributed by atoms with E-state index in [0.717, 1.165) is 5.56 Å². The van der Waals surface area contributed by atoms with Crippen LogP contribution in [0, 0.1) is 0 Å². The van der Waals surface area contributed by atoms with Gasteiger partial charge in [-0.05, 0) is 0 Å². The lowest BCUT2D eigenvalue weighted by atomic mass is 10.2. The first-order chi connectivity index (χ1) is 7.27. The Hall–Kier alpha value is -1.94. The summed E-state index contributed by atoms with van der Waals surface area (Å²) in [6.45, 7) is 0. The monoisotopic (exact) mass is 236 g/mol. The molecule has 2 aromatic rings. The van der Waals surface area contributed by atoms with E-state index in [-0.39, 0.29) is 18.1 Å². The summed E-state index contributed by atoms with van der Waals surface area (Å²) in [6, 6.07) is 9.33. The number of halogens is 1. The van der Waals surface area contributed by atoms with Crippen molar-refractivity contribution >= 4 is 18.4 Å². The topological polar surface area (TPSA) is 63.1 Å². The lowest BCUT2D eigenvalue weighted by Crippen LogP contribution is -2.01. The number of rotatable bonds is 2. The summed E-state index contributed by atoms with van der Waals surface area (Å²) in [7, 11) is 0. The Balaban J connectivity index is 0.00000128. The van der Waals surface area contributed by atoms with Gasteiger partial charge in [-0.1, -0.05) is 30.3 Å². The fourth-order valence-corrected chi connectivity index (χ4v) is 1.22. The van der Waals surface area contributed by atoms with Gasteiger partial charge in [0.2, 0.25) is 0 Å². The highest BCUT2D eigenvalue weighted by Gasteiger charge is 2.06. The van der Waals surface area contributed by atoms with Crippen molar-refractivity contribution in [2.75, 3.05) is 0 Å². The van der Waals surface area contributed by atoms with Crippen molar-refractivity contribution in [2.45, 2.75) is 0 Å². The van der Waals surface area contributed by atoms with Gasteiger partial charge in [-0.15, -0.1) is 12.4 Å². The number of benzene rings is 1. The number of aromatic nitrogens is 2. The van der Waals surface area contributed by atoms with Crippen molar-refractivity contribution in [2.24, 2.45) is 0 Å². The van der Waals surface area contributed by atoms with Gasteiger partial charge in [0.25, 0.3) is 0 Å². The molecule has 16 heavy (non-hydrogen) atoms. The average molecular weight is 237 g/mol. The van der Waals surface area contributed by atoms with Crippen LogP contribution in [0.25, 0.3) is 11.3 Å². The molecule has 1 heterocycles. The minimum Gasteiger partial charge on any atom is -0.476 e. The zero-order chi connectivity index (χ0) is 10.7. The lowest BCUT2D eigenvalue weighted by Gasteiger charge is -2.00. The maximum absolute atomic E-state index is 10.7. The van der Waals surface area contributed by atoms with Crippen molar-refractivity contribution in [3.05, 3.63) is 48.4 Å². The molecule has 0 aliphatic carbocycles. The number of nitrogens with zero attached hydrogens (tertiary/aromatic N) is 2. The minimum atomic E-state index is -1.07. The van der Waals surface area contributed by atoms with Crippen LogP contribution in [-0.4, -0.2) is 21.0 Å². The fraction of sp³-hybridized carbons (Fsp3) is 0. The fourth-order valence-electron chi connectivity index (χ4n) is 1.22. The molecule has 1 aromatic heterocycles. The van der Waals surface area contributed by atoms with Gasteiger partial charge >= 0.3 is 5.97 Å². The first-order valence-corrected chi connectivity index (χ1v) is 4.38. The molecule has 1 aromatic carbocycles. The van der Waals surface area contributed by atoms with Crippen molar-refractivity contribution in [1.29, 1.82) is 0 Å². The Labute approximate surface area is 98.4 Å². The highest BCUT2D eigenvalue weighted by molar-refractivity contribution is 5.85. The molecule has 0 atom stereocenters. The SMILES string of the molecule is Cl.O=C(O)c1cncc(-c2ccccc2)n1. The zero-order valence-electron chi connectivity index (χ0n) is 8.20. The molecule has 5 heteroatoms. The van der Waals surface area contributed by atoms with Crippen LogP contribution < -0.4 is 0 Å². The number of aromatic carboxylic acids is 1. The molecule has 0 unspecified atom stereocenters. The molecule has 4 nitrogen and oxygen atoms in total. The molecule has 0 amide bonds. The number of hydrogen-bond acceptors (Lipinski definition) is 3. The van der Waals surface area contributed by atoms with Crippen molar-refractivity contribution in [3.8, 4) is 11.3 Å². The van der Waals surface area contributed by atoms with Gasteiger partial charge in [-0.25, -0.2) is 9.78 Å². The molecule has 0 aliphatic heterocycles. The first-order valence-electron chi connectivity index (χ1n) is 4.38. The second-order valence-corrected chi connectivity index (χ2v) is 2.96. The molecule has 82 valence electrons. The molecule has 0 bridgehead atoms. The van der Waals surface area contributed by atoms with Crippen LogP contribution in [0.5, 0.6) is 0 Å². The molecule has 0 radical (unpaired) electrons. The molecule has 0 spiro atoms. The Morgan fingerprint density at radius 2 is 1.81 bits per heavy atom. The molecule has 1 N–H and O–H groups in total. The van der Waals surface area contributed by atoms with Crippen LogP contribution >= 0.6 is 12.4 Å². The first kappa shape index (κ1) is 12.1. The largest absolute Gasteiger partial charge is 0.476 e. The quantitative estimate of drug-likeness (QED) is 0.869. The van der Waals surface area contributed by atoms with Crippen LogP contribution in [-0.2, 0) is 0 Å². The molecular formula is C11H9ClN2O2. The third-order valence-electron chi connectivity index (χ3n) is 1.92. The van der Waals surface area contributed by atoms with E-state index in [1.807, 2.05) is 30.3 Å². The summed E-state index contributed by atoms with van der Waals surface area (Å²) in [4.78, 5) is 18.5. The van der Waals surface area contributed by atoms with Gasteiger partial charge in [0.1, 0.15) is 0 Å². The number of carboxylic acids is 1. The van der Waals surface area contributed by atoms with Crippen LogP contribution in [0.2, 0.25) is 0 Å². The van der Waals surface area contributed by atoms with E-state index in [1.165, 1.54) is 6.20 Å². The Bertz CT molecular complexity index is 488. The molecule has 0 aliphatic rings. The standard InChI is InChI=1S/C11H8N2O2.ClH/c14-11(15)10-7-12-6-9(13-10)8-4-2-1-3-5-8;/h1-7H,(H,14,15);1H. The normalized spacial score (nSPS) is 9.25. The molecule has 0 saturated carbocycles. The average Bonchev–Trinajstić information content (AvgIpc) is 2.30. The zero-order valence-corrected chi connectivity index (χ0v) is 9.02. The molecule has 0 saturated heterocycles. The van der Waals surface area contributed by atoms with Crippen molar-refractivity contribution in [3.63, 3.8) is 0 Å². The van der Waals surface area contributed by atoms with Crippen LogP contribution in [0.3, 0.4) is 0 Å². The van der Waals surface area contributed by atoms with Crippen LogP contribution in [0.15, 0.2) is 42.7 Å². The summed E-state index contributed by atoms with van der Waals surface area (Å²) >= 11 is 0. The predicted molar refractivity (Wildman–Crippen MR) is 61.7 cm³/mol. The Morgan fingerprint density at radius 3 is 2.44 bits per heavy atom. The van der Waals surface area contributed by atoms with Crippen LogP contribution in [0.4, 0.5) is 0 Å². The second kappa shape index (κ2) is 5.23. The second-order valence-electron chi connectivity index (χ2n) is 2.96. The predicted octanol–water partition coefficient (Wildman–Crippen LogP) is 2.26. The Morgan fingerprint density at radius 1 is 1.12 bits per heavy atom. The van der Waals surface area contributed by atoms with Gasteiger partial charge in [0.05, 0.1) is 18.1 Å². The number of carbonyl (C=O) groups is 1. The highest BCUT2D eigenvalue weighted by atomic mass is 35.5. The summed E-state index contributed by atoms with van der Waals surface area (Å²) in [5.41, 5.74) is 1.37. The summed E-state index contributed by atoms with van der Waals surface area (Å²) < 4.78 is 0. The summed E-state index contributed by atoms with van der Waals surface area (Å²) in [6.07, 6.45) is 2.77. The third-order valence-corrected chi connectivity index (χ3v) is 1.92.